The summed E-state index contributed by atoms with van der Waals surface area (Å²) in [5.74, 6) is -0.454. The summed E-state index contributed by atoms with van der Waals surface area (Å²) in [4.78, 5) is 24.6. The van der Waals surface area contributed by atoms with Crippen molar-refractivity contribution < 1.29 is 9.59 Å². The van der Waals surface area contributed by atoms with Gasteiger partial charge in [0, 0.05) is 34.4 Å². The zero-order valence-corrected chi connectivity index (χ0v) is 14.8. The third-order valence-corrected chi connectivity index (χ3v) is 4.05. The average molecular weight is 369 g/mol. The molecule has 0 saturated heterocycles. The van der Waals surface area contributed by atoms with Gasteiger partial charge in [-0.15, -0.1) is 0 Å². The Bertz CT molecular complexity index is 908. The number of rotatable bonds is 5. The molecule has 0 fully saturated rings. The van der Waals surface area contributed by atoms with Gasteiger partial charge in [0.05, 0.1) is 0 Å². The molecule has 3 aromatic rings. The van der Waals surface area contributed by atoms with E-state index >= 15 is 0 Å². The minimum Gasteiger partial charge on any atom is -0.324 e. The number of amides is 2. The number of hydrogen-bond acceptors (Lipinski definition) is 3. The van der Waals surface area contributed by atoms with Crippen LogP contribution in [0.4, 0.5) is 11.4 Å². The molecular weight excluding hydrogens is 352 g/mol. The van der Waals surface area contributed by atoms with Gasteiger partial charge in [0.1, 0.15) is 6.04 Å². The molecule has 0 spiro atoms. The van der Waals surface area contributed by atoms with Crippen LogP contribution in [-0.4, -0.2) is 21.6 Å². The van der Waals surface area contributed by atoms with Crippen LogP contribution in [0.15, 0.2) is 67.0 Å². The molecule has 1 aromatic heterocycles. The van der Waals surface area contributed by atoms with Crippen molar-refractivity contribution in [1.82, 2.24) is 9.78 Å². The quantitative estimate of drug-likeness (QED) is 0.715. The smallest absolute Gasteiger partial charge is 0.255 e. The Morgan fingerprint density at radius 1 is 1.04 bits per heavy atom. The zero-order valence-electron chi connectivity index (χ0n) is 14.0. The van der Waals surface area contributed by atoms with Gasteiger partial charge < -0.3 is 10.6 Å². The van der Waals surface area contributed by atoms with E-state index in [2.05, 4.69) is 15.7 Å². The Hall–Kier alpha value is -3.12. The monoisotopic (exact) mass is 368 g/mol. The molecule has 0 saturated carbocycles. The summed E-state index contributed by atoms with van der Waals surface area (Å²) in [6.07, 6.45) is 3.35. The number of aromatic nitrogens is 2. The van der Waals surface area contributed by atoms with Crippen molar-refractivity contribution in [1.29, 1.82) is 0 Å². The molecule has 2 aromatic carbocycles. The zero-order chi connectivity index (χ0) is 18.5. The molecule has 26 heavy (non-hydrogen) atoms. The van der Waals surface area contributed by atoms with Gasteiger partial charge in [0.15, 0.2) is 0 Å². The molecule has 0 bridgehead atoms. The van der Waals surface area contributed by atoms with Crippen molar-refractivity contribution in [2.75, 3.05) is 10.6 Å². The van der Waals surface area contributed by atoms with Crippen LogP contribution >= 0.6 is 11.6 Å². The van der Waals surface area contributed by atoms with Gasteiger partial charge in [-0.25, -0.2) is 0 Å². The van der Waals surface area contributed by atoms with Crippen molar-refractivity contribution in [3.8, 4) is 0 Å². The van der Waals surface area contributed by atoms with Crippen molar-refractivity contribution in [3.63, 3.8) is 0 Å². The minimum absolute atomic E-state index is 0.199. The summed E-state index contributed by atoms with van der Waals surface area (Å²) < 4.78 is 1.57. The van der Waals surface area contributed by atoms with Crippen molar-refractivity contribution in [2.45, 2.75) is 13.0 Å². The van der Waals surface area contributed by atoms with E-state index < -0.39 is 6.04 Å². The summed E-state index contributed by atoms with van der Waals surface area (Å²) >= 11 is 5.83. The fourth-order valence-corrected chi connectivity index (χ4v) is 2.48. The summed E-state index contributed by atoms with van der Waals surface area (Å²) in [6, 6.07) is 14.9. The normalized spacial score (nSPS) is 11.6. The predicted molar refractivity (Wildman–Crippen MR) is 101 cm³/mol. The molecule has 132 valence electrons. The lowest BCUT2D eigenvalue weighted by Gasteiger charge is -2.13. The molecular formula is C19H17ClN4O2. The highest BCUT2D eigenvalue weighted by molar-refractivity contribution is 6.30. The van der Waals surface area contributed by atoms with E-state index in [1.807, 2.05) is 0 Å². The van der Waals surface area contributed by atoms with E-state index in [1.54, 1.807) is 78.6 Å². The first-order chi connectivity index (χ1) is 12.5. The Morgan fingerprint density at radius 3 is 2.38 bits per heavy atom. The van der Waals surface area contributed by atoms with Crippen LogP contribution in [0.5, 0.6) is 0 Å². The van der Waals surface area contributed by atoms with Crippen LogP contribution in [-0.2, 0) is 4.79 Å². The lowest BCUT2D eigenvalue weighted by molar-refractivity contribution is -0.119. The highest BCUT2D eigenvalue weighted by atomic mass is 35.5. The van der Waals surface area contributed by atoms with E-state index in [1.165, 1.54) is 0 Å². The van der Waals surface area contributed by atoms with Crippen LogP contribution in [0.1, 0.15) is 23.3 Å². The highest BCUT2D eigenvalue weighted by Gasteiger charge is 2.15. The summed E-state index contributed by atoms with van der Waals surface area (Å²) in [6.45, 7) is 1.76. The number of benzene rings is 2. The largest absolute Gasteiger partial charge is 0.324 e. The first-order valence-corrected chi connectivity index (χ1v) is 8.38. The van der Waals surface area contributed by atoms with Gasteiger partial charge in [-0.05, 0) is 55.5 Å². The van der Waals surface area contributed by atoms with Gasteiger partial charge in [-0.3, -0.25) is 14.3 Å². The lowest BCUT2D eigenvalue weighted by Crippen LogP contribution is -2.24. The number of hydrogen-bond donors (Lipinski definition) is 2. The molecule has 0 radical (unpaired) electrons. The summed E-state index contributed by atoms with van der Waals surface area (Å²) in [7, 11) is 0. The maximum absolute atomic E-state index is 12.3. The van der Waals surface area contributed by atoms with Crippen LogP contribution in [0.3, 0.4) is 0 Å². The van der Waals surface area contributed by atoms with E-state index in [0.717, 1.165) is 0 Å². The predicted octanol–water partition coefficient (Wildman–Crippen LogP) is 3.99. The lowest BCUT2D eigenvalue weighted by atomic mass is 10.2. The Kier molecular flexibility index (Phi) is 5.34. The molecule has 1 heterocycles. The van der Waals surface area contributed by atoms with Gasteiger partial charge >= 0.3 is 0 Å². The third kappa shape index (κ3) is 4.29. The molecule has 7 heteroatoms. The number of carbonyl (C=O) groups excluding carboxylic acids is 2. The molecule has 0 aliphatic rings. The highest BCUT2D eigenvalue weighted by Crippen LogP contribution is 2.18. The first-order valence-electron chi connectivity index (χ1n) is 8.00. The fourth-order valence-electron chi connectivity index (χ4n) is 2.36. The van der Waals surface area contributed by atoms with Gasteiger partial charge in [-0.2, -0.15) is 5.10 Å². The van der Waals surface area contributed by atoms with Gasteiger partial charge in [0.2, 0.25) is 5.91 Å². The Morgan fingerprint density at radius 2 is 1.73 bits per heavy atom. The van der Waals surface area contributed by atoms with Gasteiger partial charge in [0.25, 0.3) is 5.91 Å². The molecule has 1 atom stereocenters. The maximum atomic E-state index is 12.3. The first kappa shape index (κ1) is 17.7. The number of anilines is 2. The second kappa shape index (κ2) is 7.84. The third-order valence-electron chi connectivity index (χ3n) is 3.80. The van der Waals surface area contributed by atoms with Crippen molar-refractivity contribution >= 4 is 34.8 Å². The average Bonchev–Trinajstić information content (AvgIpc) is 3.16. The van der Waals surface area contributed by atoms with Crippen LogP contribution in [0.2, 0.25) is 5.02 Å². The molecule has 1 unspecified atom stereocenters. The number of nitrogens with zero attached hydrogens (tertiary/aromatic N) is 2. The number of nitrogens with one attached hydrogen (secondary N) is 2. The second-order valence-corrected chi connectivity index (χ2v) is 6.13. The second-order valence-electron chi connectivity index (χ2n) is 5.69. The summed E-state index contributed by atoms with van der Waals surface area (Å²) in [5.41, 5.74) is 1.66. The van der Waals surface area contributed by atoms with Crippen LogP contribution in [0, 0.1) is 0 Å². The van der Waals surface area contributed by atoms with Crippen molar-refractivity contribution in [2.24, 2.45) is 0 Å². The number of halogens is 1. The molecule has 3 rings (SSSR count). The van der Waals surface area contributed by atoms with E-state index in [9.17, 15) is 9.59 Å². The fraction of sp³-hybridized carbons (Fsp3) is 0.105. The van der Waals surface area contributed by atoms with Crippen LogP contribution in [0.25, 0.3) is 0 Å². The Balaban J connectivity index is 1.67. The molecule has 0 aliphatic carbocycles. The van der Waals surface area contributed by atoms with E-state index in [-0.39, 0.29) is 11.8 Å². The molecule has 0 aliphatic heterocycles. The maximum Gasteiger partial charge on any atom is 0.255 e. The standard InChI is InChI=1S/C19H17ClN4O2/c1-13(24-11-3-10-21-24)18(25)22-16-4-2-5-17(12-16)23-19(26)14-6-8-15(20)9-7-14/h2-13H,1H3,(H,22,25)(H,23,26). The molecule has 2 amide bonds. The van der Waals surface area contributed by atoms with E-state index in [4.69, 9.17) is 11.6 Å². The minimum atomic E-state index is -0.447. The van der Waals surface area contributed by atoms with E-state index in [0.29, 0.717) is 22.0 Å². The van der Waals surface area contributed by atoms with Crippen molar-refractivity contribution in [3.05, 3.63) is 77.6 Å². The van der Waals surface area contributed by atoms with Gasteiger partial charge in [-0.1, -0.05) is 17.7 Å². The Labute approximate surface area is 155 Å². The molecule has 6 nitrogen and oxygen atoms in total. The SMILES string of the molecule is CC(C(=O)Nc1cccc(NC(=O)c2ccc(Cl)cc2)c1)n1cccn1. The van der Waals surface area contributed by atoms with Crippen LogP contribution < -0.4 is 10.6 Å². The number of carbonyl (C=O) groups is 2. The molecule has 2 N–H and O–H groups in total. The summed E-state index contributed by atoms with van der Waals surface area (Å²) in [5, 5.41) is 10.3. The topological polar surface area (TPSA) is 76.0 Å².